The van der Waals surface area contributed by atoms with Crippen LogP contribution in [0.5, 0.6) is 0 Å². The van der Waals surface area contributed by atoms with Gasteiger partial charge in [0.25, 0.3) is 0 Å². The molecule has 2 nitrogen and oxygen atoms in total. The lowest BCUT2D eigenvalue weighted by molar-refractivity contribution is -0.142. The van der Waals surface area contributed by atoms with E-state index >= 15 is 0 Å². The molecule has 0 bridgehead atoms. The molecule has 0 heterocycles. The van der Waals surface area contributed by atoms with Crippen molar-refractivity contribution in [3.05, 3.63) is 36.5 Å². The minimum Gasteiger partial charge on any atom is -0.481 e. The average molecular weight is 419 g/mol. The zero-order valence-electron chi connectivity index (χ0n) is 20.1. The summed E-state index contributed by atoms with van der Waals surface area (Å²) in [4.78, 5) is 11.0. The van der Waals surface area contributed by atoms with Gasteiger partial charge in [0.2, 0.25) is 0 Å². The van der Waals surface area contributed by atoms with Gasteiger partial charge >= 0.3 is 5.97 Å². The van der Waals surface area contributed by atoms with Gasteiger partial charge in [-0.15, -0.1) is 0 Å². The van der Waals surface area contributed by atoms with Crippen molar-refractivity contribution in [2.45, 2.75) is 129 Å². The molecule has 1 N–H and O–H groups in total. The smallest absolute Gasteiger partial charge is 0.306 e. The van der Waals surface area contributed by atoms with Crippen LogP contribution < -0.4 is 0 Å². The zero-order chi connectivity index (χ0) is 22.1. The largest absolute Gasteiger partial charge is 0.481 e. The lowest BCUT2D eigenvalue weighted by atomic mass is 9.98. The number of carboxylic acid groups (broad SMARTS) is 1. The van der Waals surface area contributed by atoms with Gasteiger partial charge in [-0.3, -0.25) is 4.79 Å². The molecule has 0 spiro atoms. The SMILES string of the molecule is CC/C=C/C=C/CCC/C=C/CCCCCCCCCCCCCC(CC)C(=O)O. The van der Waals surface area contributed by atoms with Crippen LogP contribution in [0.4, 0.5) is 0 Å². The Bertz CT molecular complexity index is 448. The van der Waals surface area contributed by atoms with Gasteiger partial charge in [-0.05, 0) is 51.4 Å². The Morgan fingerprint density at radius 2 is 1.10 bits per heavy atom. The van der Waals surface area contributed by atoms with E-state index in [1.807, 2.05) is 6.92 Å². The van der Waals surface area contributed by atoms with Gasteiger partial charge in [0.1, 0.15) is 0 Å². The Morgan fingerprint density at radius 1 is 0.633 bits per heavy atom. The predicted molar refractivity (Wildman–Crippen MR) is 133 cm³/mol. The van der Waals surface area contributed by atoms with Crippen LogP contribution in [-0.2, 0) is 4.79 Å². The van der Waals surface area contributed by atoms with E-state index in [1.54, 1.807) is 0 Å². The number of rotatable bonds is 22. The van der Waals surface area contributed by atoms with Gasteiger partial charge in [0.05, 0.1) is 5.92 Å². The summed E-state index contributed by atoms with van der Waals surface area (Å²) >= 11 is 0. The maximum atomic E-state index is 11.0. The molecule has 0 aliphatic rings. The van der Waals surface area contributed by atoms with Crippen LogP contribution in [0.2, 0.25) is 0 Å². The van der Waals surface area contributed by atoms with Crippen molar-refractivity contribution in [3.8, 4) is 0 Å². The summed E-state index contributed by atoms with van der Waals surface area (Å²) in [6.45, 7) is 4.14. The number of hydrogen-bond acceptors (Lipinski definition) is 1. The average Bonchev–Trinajstić information content (AvgIpc) is 2.74. The number of carboxylic acids is 1. The summed E-state index contributed by atoms with van der Waals surface area (Å²) in [5, 5.41) is 9.04. The van der Waals surface area contributed by atoms with Gasteiger partial charge in [-0.1, -0.05) is 115 Å². The second kappa shape index (κ2) is 24.0. The minimum atomic E-state index is -0.618. The molecular formula is C28H50O2. The van der Waals surface area contributed by atoms with Crippen LogP contribution in [0.25, 0.3) is 0 Å². The molecule has 2 heteroatoms. The summed E-state index contributed by atoms with van der Waals surface area (Å²) in [7, 11) is 0. The molecule has 0 aromatic rings. The molecule has 0 amide bonds. The first-order valence-electron chi connectivity index (χ1n) is 12.9. The van der Waals surface area contributed by atoms with E-state index in [1.165, 1.54) is 89.9 Å². The summed E-state index contributed by atoms with van der Waals surface area (Å²) < 4.78 is 0. The van der Waals surface area contributed by atoms with E-state index < -0.39 is 5.97 Å². The van der Waals surface area contributed by atoms with Gasteiger partial charge in [0.15, 0.2) is 0 Å². The standard InChI is InChI=1S/C28H50O2/c1-3-5-6-7-8-9-10-11-12-13-14-15-16-17-18-19-20-21-22-23-24-25-26-27(4-2)28(29)30/h5-8,12-13,27H,3-4,9-11,14-26H2,1-2H3,(H,29,30)/b6-5+,8-7+,13-12+. The van der Waals surface area contributed by atoms with Crippen molar-refractivity contribution >= 4 is 5.97 Å². The summed E-state index contributed by atoms with van der Waals surface area (Å²) in [5.74, 6) is -0.742. The number of allylic oxidation sites excluding steroid dienone is 6. The summed E-state index contributed by atoms with van der Waals surface area (Å²) in [6, 6.07) is 0. The fourth-order valence-corrected chi connectivity index (χ4v) is 3.72. The van der Waals surface area contributed by atoms with Gasteiger partial charge in [0, 0.05) is 0 Å². The predicted octanol–water partition coefficient (Wildman–Crippen LogP) is 9.42. The zero-order valence-corrected chi connectivity index (χ0v) is 20.1. The van der Waals surface area contributed by atoms with Crippen molar-refractivity contribution in [2.75, 3.05) is 0 Å². The molecule has 0 aliphatic carbocycles. The third-order valence-corrected chi connectivity index (χ3v) is 5.79. The lowest BCUT2D eigenvalue weighted by Gasteiger charge is -2.08. The highest BCUT2D eigenvalue weighted by Crippen LogP contribution is 2.16. The first-order valence-corrected chi connectivity index (χ1v) is 12.9. The second-order valence-electron chi connectivity index (χ2n) is 8.58. The van der Waals surface area contributed by atoms with E-state index in [9.17, 15) is 4.79 Å². The molecule has 0 fully saturated rings. The van der Waals surface area contributed by atoms with Gasteiger partial charge in [-0.25, -0.2) is 0 Å². The Morgan fingerprint density at radius 3 is 1.63 bits per heavy atom. The molecule has 0 radical (unpaired) electrons. The molecule has 30 heavy (non-hydrogen) atoms. The van der Waals surface area contributed by atoms with E-state index in [0.29, 0.717) is 0 Å². The summed E-state index contributed by atoms with van der Waals surface area (Å²) in [6.07, 6.45) is 35.6. The topological polar surface area (TPSA) is 37.3 Å². The summed E-state index contributed by atoms with van der Waals surface area (Å²) in [5.41, 5.74) is 0. The Hall–Kier alpha value is -1.31. The molecule has 0 saturated carbocycles. The van der Waals surface area contributed by atoms with E-state index in [0.717, 1.165) is 25.7 Å². The van der Waals surface area contributed by atoms with Crippen LogP contribution in [0, 0.1) is 5.92 Å². The fourth-order valence-electron chi connectivity index (χ4n) is 3.72. The first-order chi connectivity index (χ1) is 14.7. The highest BCUT2D eigenvalue weighted by atomic mass is 16.4. The monoisotopic (exact) mass is 418 g/mol. The van der Waals surface area contributed by atoms with E-state index in [-0.39, 0.29) is 5.92 Å². The third kappa shape index (κ3) is 21.4. The molecule has 1 unspecified atom stereocenters. The van der Waals surface area contributed by atoms with Gasteiger partial charge in [-0.2, -0.15) is 0 Å². The normalized spacial score (nSPS) is 13.1. The molecular weight excluding hydrogens is 368 g/mol. The van der Waals surface area contributed by atoms with Crippen LogP contribution >= 0.6 is 0 Å². The number of carbonyl (C=O) groups is 1. The van der Waals surface area contributed by atoms with Crippen LogP contribution in [0.1, 0.15) is 129 Å². The minimum absolute atomic E-state index is 0.124. The Kier molecular flexibility index (Phi) is 22.9. The number of aliphatic carboxylic acids is 1. The second-order valence-corrected chi connectivity index (χ2v) is 8.58. The maximum Gasteiger partial charge on any atom is 0.306 e. The fraction of sp³-hybridized carbons (Fsp3) is 0.750. The number of unbranched alkanes of at least 4 members (excludes halogenated alkanes) is 13. The van der Waals surface area contributed by atoms with Crippen LogP contribution in [0.15, 0.2) is 36.5 Å². The molecule has 0 aliphatic heterocycles. The number of hydrogen-bond donors (Lipinski definition) is 1. The molecule has 0 saturated heterocycles. The Labute approximate surface area is 187 Å². The highest BCUT2D eigenvalue weighted by molar-refractivity contribution is 5.69. The molecule has 1 atom stereocenters. The third-order valence-electron chi connectivity index (χ3n) is 5.79. The van der Waals surface area contributed by atoms with Crippen molar-refractivity contribution < 1.29 is 9.90 Å². The lowest BCUT2D eigenvalue weighted by Crippen LogP contribution is -2.12. The van der Waals surface area contributed by atoms with Crippen LogP contribution in [-0.4, -0.2) is 11.1 Å². The Balaban J connectivity index is 3.23. The van der Waals surface area contributed by atoms with Crippen molar-refractivity contribution in [1.29, 1.82) is 0 Å². The van der Waals surface area contributed by atoms with E-state index in [4.69, 9.17) is 5.11 Å². The molecule has 0 aromatic carbocycles. The molecule has 174 valence electrons. The first kappa shape index (κ1) is 28.7. The van der Waals surface area contributed by atoms with Crippen LogP contribution in [0.3, 0.4) is 0 Å². The van der Waals surface area contributed by atoms with Crippen molar-refractivity contribution in [2.24, 2.45) is 5.92 Å². The molecule has 0 aromatic heterocycles. The van der Waals surface area contributed by atoms with Gasteiger partial charge < -0.3 is 5.11 Å². The van der Waals surface area contributed by atoms with Crippen molar-refractivity contribution in [1.82, 2.24) is 0 Å². The molecule has 0 rings (SSSR count). The van der Waals surface area contributed by atoms with Crippen molar-refractivity contribution in [3.63, 3.8) is 0 Å². The quantitative estimate of drug-likeness (QED) is 0.108. The maximum absolute atomic E-state index is 11.0. The highest BCUT2D eigenvalue weighted by Gasteiger charge is 2.13. The van der Waals surface area contributed by atoms with E-state index in [2.05, 4.69) is 43.4 Å².